The van der Waals surface area contributed by atoms with E-state index in [9.17, 15) is 35.5 Å². The standard InChI is InChI=1S/C12H12F5NO3S/c13-7-8(14)10(16)12(11(17)9(7)15)22(20,21)18-4-5-2-1-3-6(5)19/h5-6,18-19H,1-4H2. The van der Waals surface area contributed by atoms with Crippen LogP contribution < -0.4 is 4.72 Å². The second-order valence-electron chi connectivity index (χ2n) is 5.01. The predicted molar refractivity (Wildman–Crippen MR) is 64.8 cm³/mol. The number of rotatable bonds is 4. The van der Waals surface area contributed by atoms with Crippen molar-refractivity contribution in [3.05, 3.63) is 29.1 Å². The summed E-state index contributed by atoms with van der Waals surface area (Å²) in [6, 6.07) is 0. The van der Waals surface area contributed by atoms with Gasteiger partial charge in [-0.15, -0.1) is 0 Å². The molecule has 0 spiro atoms. The summed E-state index contributed by atoms with van der Waals surface area (Å²) in [6.07, 6.45) is 0.810. The van der Waals surface area contributed by atoms with Gasteiger partial charge in [-0.25, -0.2) is 35.1 Å². The molecule has 0 aromatic heterocycles. The molecule has 1 aromatic rings. The summed E-state index contributed by atoms with van der Waals surface area (Å²) in [6.45, 7) is -0.358. The molecule has 0 radical (unpaired) electrons. The zero-order valence-corrected chi connectivity index (χ0v) is 11.9. The monoisotopic (exact) mass is 345 g/mol. The van der Waals surface area contributed by atoms with Gasteiger partial charge in [0.15, 0.2) is 28.2 Å². The first-order valence-corrected chi connectivity index (χ1v) is 7.84. The van der Waals surface area contributed by atoms with Crippen LogP contribution in [0.1, 0.15) is 19.3 Å². The molecule has 2 unspecified atom stereocenters. The fourth-order valence-corrected chi connectivity index (χ4v) is 3.59. The number of nitrogens with one attached hydrogen (secondary N) is 1. The van der Waals surface area contributed by atoms with E-state index in [1.54, 1.807) is 4.72 Å². The molecule has 1 aromatic carbocycles. The average molecular weight is 345 g/mol. The molecule has 22 heavy (non-hydrogen) atoms. The number of aliphatic hydroxyl groups excluding tert-OH is 1. The Hall–Kier alpha value is -1.26. The first-order chi connectivity index (χ1) is 10.2. The number of hydrogen-bond donors (Lipinski definition) is 2. The maximum absolute atomic E-state index is 13.5. The molecule has 2 atom stereocenters. The minimum atomic E-state index is -4.95. The molecule has 0 aliphatic heterocycles. The lowest BCUT2D eigenvalue weighted by molar-refractivity contribution is 0.134. The fraction of sp³-hybridized carbons (Fsp3) is 0.500. The molecular formula is C12H12F5NO3S. The predicted octanol–water partition coefficient (Wildman–Crippen LogP) is 1.82. The van der Waals surface area contributed by atoms with Gasteiger partial charge in [0, 0.05) is 6.54 Å². The van der Waals surface area contributed by atoms with E-state index < -0.39 is 56.0 Å². The smallest absolute Gasteiger partial charge is 0.246 e. The minimum absolute atomic E-state index is 0.358. The highest BCUT2D eigenvalue weighted by Gasteiger charge is 2.34. The summed E-state index contributed by atoms with van der Waals surface area (Å²) in [5.74, 6) is -12.4. The van der Waals surface area contributed by atoms with Gasteiger partial charge in [0.2, 0.25) is 15.8 Å². The van der Waals surface area contributed by atoms with Gasteiger partial charge in [0.05, 0.1) is 6.10 Å². The van der Waals surface area contributed by atoms with E-state index >= 15 is 0 Å². The van der Waals surface area contributed by atoms with Crippen LogP contribution >= 0.6 is 0 Å². The highest BCUT2D eigenvalue weighted by molar-refractivity contribution is 7.89. The van der Waals surface area contributed by atoms with Gasteiger partial charge in [0.25, 0.3) is 0 Å². The first-order valence-electron chi connectivity index (χ1n) is 6.36. The fourth-order valence-electron chi connectivity index (χ4n) is 2.36. The summed E-state index contributed by atoms with van der Waals surface area (Å²) in [7, 11) is -4.95. The molecule has 4 nitrogen and oxygen atoms in total. The molecule has 0 bridgehead atoms. The second kappa shape index (κ2) is 6.09. The molecule has 1 fully saturated rings. The Morgan fingerprint density at radius 1 is 0.955 bits per heavy atom. The second-order valence-corrected chi connectivity index (χ2v) is 6.71. The topological polar surface area (TPSA) is 66.4 Å². The zero-order chi connectivity index (χ0) is 16.7. The molecule has 2 N–H and O–H groups in total. The minimum Gasteiger partial charge on any atom is -0.393 e. The Labute approximate surface area is 123 Å². The summed E-state index contributed by atoms with van der Waals surface area (Å²) >= 11 is 0. The van der Waals surface area contributed by atoms with E-state index in [0.717, 1.165) is 0 Å². The van der Waals surface area contributed by atoms with Crippen molar-refractivity contribution in [1.82, 2.24) is 4.72 Å². The van der Waals surface area contributed by atoms with Crippen molar-refractivity contribution in [2.75, 3.05) is 6.54 Å². The molecule has 1 saturated carbocycles. The van der Waals surface area contributed by atoms with Crippen molar-refractivity contribution in [3.63, 3.8) is 0 Å². The highest BCUT2D eigenvalue weighted by atomic mass is 32.2. The van der Waals surface area contributed by atoms with E-state index in [2.05, 4.69) is 0 Å². The van der Waals surface area contributed by atoms with E-state index in [4.69, 9.17) is 0 Å². The summed E-state index contributed by atoms with van der Waals surface area (Å²) < 4.78 is 91.4. The molecule has 10 heteroatoms. The van der Waals surface area contributed by atoms with Crippen LogP contribution in [-0.4, -0.2) is 26.2 Å². The average Bonchev–Trinajstić information content (AvgIpc) is 2.86. The summed E-state index contributed by atoms with van der Waals surface area (Å²) in [4.78, 5) is -1.92. The quantitative estimate of drug-likeness (QED) is 0.497. The van der Waals surface area contributed by atoms with Gasteiger partial charge in [-0.1, -0.05) is 6.42 Å². The Kier molecular flexibility index (Phi) is 4.73. The van der Waals surface area contributed by atoms with Gasteiger partial charge in [-0.3, -0.25) is 0 Å². The third-order valence-corrected chi connectivity index (χ3v) is 5.04. The summed E-state index contributed by atoms with van der Waals surface area (Å²) in [5, 5.41) is 9.54. The highest BCUT2D eigenvalue weighted by Crippen LogP contribution is 2.28. The van der Waals surface area contributed by atoms with Gasteiger partial charge >= 0.3 is 0 Å². The van der Waals surface area contributed by atoms with Crippen LogP contribution in [0.2, 0.25) is 0 Å². The molecule has 1 aliphatic carbocycles. The molecule has 0 saturated heterocycles. The molecule has 2 rings (SSSR count). The molecule has 124 valence electrons. The maximum Gasteiger partial charge on any atom is 0.246 e. The van der Waals surface area contributed by atoms with Gasteiger partial charge in [-0.2, -0.15) is 0 Å². The Bertz CT molecular complexity index is 665. The van der Waals surface area contributed by atoms with E-state index in [-0.39, 0.29) is 6.54 Å². The van der Waals surface area contributed by atoms with Gasteiger partial charge in [-0.05, 0) is 18.8 Å². The van der Waals surface area contributed by atoms with Crippen molar-refractivity contribution in [3.8, 4) is 0 Å². The van der Waals surface area contributed by atoms with Crippen molar-refractivity contribution in [2.24, 2.45) is 5.92 Å². The number of aliphatic hydroxyl groups is 1. The van der Waals surface area contributed by atoms with Crippen LogP contribution in [-0.2, 0) is 10.0 Å². The number of halogens is 5. The van der Waals surface area contributed by atoms with Gasteiger partial charge < -0.3 is 5.11 Å². The van der Waals surface area contributed by atoms with Crippen LogP contribution in [0.5, 0.6) is 0 Å². The lowest BCUT2D eigenvalue weighted by Crippen LogP contribution is -2.34. The lowest BCUT2D eigenvalue weighted by atomic mass is 10.1. The van der Waals surface area contributed by atoms with Crippen LogP contribution in [0.4, 0.5) is 22.0 Å². The largest absolute Gasteiger partial charge is 0.393 e. The Balaban J connectivity index is 2.34. The maximum atomic E-state index is 13.5. The lowest BCUT2D eigenvalue weighted by Gasteiger charge is -2.16. The number of hydrogen-bond acceptors (Lipinski definition) is 3. The van der Waals surface area contributed by atoms with E-state index in [1.807, 2.05) is 0 Å². The van der Waals surface area contributed by atoms with Crippen molar-refractivity contribution in [2.45, 2.75) is 30.3 Å². The zero-order valence-electron chi connectivity index (χ0n) is 11.0. The number of sulfonamides is 1. The van der Waals surface area contributed by atoms with E-state index in [1.165, 1.54) is 0 Å². The third kappa shape index (κ3) is 2.95. The van der Waals surface area contributed by atoms with Crippen LogP contribution in [0, 0.1) is 35.0 Å². The molecular weight excluding hydrogens is 333 g/mol. The molecule has 0 heterocycles. The number of benzene rings is 1. The molecule has 1 aliphatic rings. The summed E-state index contributed by atoms with van der Waals surface area (Å²) in [5.41, 5.74) is 0. The normalized spacial score (nSPS) is 22.3. The van der Waals surface area contributed by atoms with Crippen molar-refractivity contribution in [1.29, 1.82) is 0 Å². The third-order valence-electron chi connectivity index (χ3n) is 3.59. The SMILES string of the molecule is O=S(=O)(NCC1CCCC1O)c1c(F)c(F)c(F)c(F)c1F. The first kappa shape index (κ1) is 17.1. The van der Waals surface area contributed by atoms with Crippen molar-refractivity contribution >= 4 is 10.0 Å². The van der Waals surface area contributed by atoms with Crippen LogP contribution in [0.15, 0.2) is 4.90 Å². The Morgan fingerprint density at radius 3 is 1.91 bits per heavy atom. The van der Waals surface area contributed by atoms with Crippen LogP contribution in [0.25, 0.3) is 0 Å². The Morgan fingerprint density at radius 2 is 1.45 bits per heavy atom. The van der Waals surface area contributed by atoms with E-state index in [0.29, 0.717) is 19.3 Å². The molecule has 0 amide bonds. The van der Waals surface area contributed by atoms with Crippen molar-refractivity contribution < 1.29 is 35.5 Å². The van der Waals surface area contributed by atoms with Crippen LogP contribution in [0.3, 0.4) is 0 Å². The van der Waals surface area contributed by atoms with Gasteiger partial charge in [0.1, 0.15) is 0 Å².